The van der Waals surface area contributed by atoms with E-state index in [4.69, 9.17) is 4.74 Å². The van der Waals surface area contributed by atoms with Gasteiger partial charge in [-0.1, -0.05) is 0 Å². The second-order valence-electron chi connectivity index (χ2n) is 7.01. The van der Waals surface area contributed by atoms with Gasteiger partial charge in [-0.25, -0.2) is 4.98 Å². The Bertz CT molecular complexity index is 1110. The molecule has 1 amide bonds. The minimum absolute atomic E-state index is 0.0835. The van der Waals surface area contributed by atoms with Gasteiger partial charge < -0.3 is 25.0 Å². The second kappa shape index (κ2) is 8.02. The monoisotopic (exact) mass is 394 g/mol. The number of aromatic nitrogens is 2. The number of benzene rings is 1. The summed E-state index contributed by atoms with van der Waals surface area (Å²) in [5.74, 6) is 0.228. The minimum atomic E-state index is -0.294. The fraction of sp³-hybridized carbons (Fsp3) is 0.286. The van der Waals surface area contributed by atoms with Crippen LogP contribution < -0.4 is 15.8 Å². The van der Waals surface area contributed by atoms with E-state index in [0.29, 0.717) is 42.3 Å². The maximum Gasteiger partial charge on any atom is 0.259 e. The van der Waals surface area contributed by atoms with Gasteiger partial charge in [0.1, 0.15) is 5.82 Å². The van der Waals surface area contributed by atoms with Crippen molar-refractivity contribution in [1.29, 1.82) is 0 Å². The smallest absolute Gasteiger partial charge is 0.259 e. The van der Waals surface area contributed by atoms with Crippen LogP contribution in [0.1, 0.15) is 15.9 Å². The first-order chi connectivity index (χ1) is 14.1. The molecule has 1 atom stereocenters. The number of pyridine rings is 2. The number of aliphatic hydroxyl groups is 1. The molecule has 1 aromatic carbocycles. The minimum Gasteiger partial charge on any atom is -0.394 e. The van der Waals surface area contributed by atoms with E-state index in [-0.39, 0.29) is 24.1 Å². The number of nitrogens with one attached hydrogen (secondary N) is 2. The van der Waals surface area contributed by atoms with E-state index >= 15 is 0 Å². The molecule has 1 unspecified atom stereocenters. The number of morpholine rings is 1. The summed E-state index contributed by atoms with van der Waals surface area (Å²) < 4.78 is 5.43. The zero-order valence-corrected chi connectivity index (χ0v) is 16.0. The molecule has 0 radical (unpaired) electrons. The number of hydrogen-bond acceptors (Lipinski definition) is 6. The van der Waals surface area contributed by atoms with Crippen LogP contribution in [0.4, 0.5) is 11.5 Å². The predicted octanol–water partition coefficient (Wildman–Crippen LogP) is 1.68. The summed E-state index contributed by atoms with van der Waals surface area (Å²) in [4.78, 5) is 33.7. The fourth-order valence-electron chi connectivity index (χ4n) is 3.59. The summed E-state index contributed by atoms with van der Waals surface area (Å²) in [5, 5.41) is 13.4. The van der Waals surface area contributed by atoms with Crippen molar-refractivity contribution in [2.45, 2.75) is 13.0 Å². The summed E-state index contributed by atoms with van der Waals surface area (Å²) in [6, 6.07) is 10.1. The third-order valence-electron chi connectivity index (χ3n) is 5.05. The zero-order chi connectivity index (χ0) is 20.4. The number of amides is 1. The Labute approximate surface area is 167 Å². The molecule has 3 N–H and O–H groups in total. The van der Waals surface area contributed by atoms with E-state index in [1.807, 2.05) is 17.9 Å². The van der Waals surface area contributed by atoms with Crippen molar-refractivity contribution in [3.63, 3.8) is 0 Å². The first-order valence-electron chi connectivity index (χ1n) is 9.42. The Morgan fingerprint density at radius 1 is 1.38 bits per heavy atom. The quantitative estimate of drug-likeness (QED) is 0.622. The summed E-state index contributed by atoms with van der Waals surface area (Å²) in [7, 11) is 0. The van der Waals surface area contributed by atoms with Gasteiger partial charge in [0.15, 0.2) is 0 Å². The Morgan fingerprint density at radius 3 is 3.07 bits per heavy atom. The number of nitrogens with zero attached hydrogens (tertiary/aromatic N) is 2. The van der Waals surface area contributed by atoms with Crippen molar-refractivity contribution in [2.75, 3.05) is 36.6 Å². The van der Waals surface area contributed by atoms with Crippen molar-refractivity contribution in [2.24, 2.45) is 0 Å². The number of H-pyrrole nitrogens is 1. The van der Waals surface area contributed by atoms with E-state index in [9.17, 15) is 14.7 Å². The molecule has 1 saturated heterocycles. The Hall–Kier alpha value is -3.23. The van der Waals surface area contributed by atoms with Crippen molar-refractivity contribution in [3.05, 3.63) is 64.1 Å². The van der Waals surface area contributed by atoms with E-state index in [1.165, 1.54) is 6.07 Å². The topological polar surface area (TPSA) is 108 Å². The molecule has 3 heterocycles. The molecule has 8 heteroatoms. The maximum atomic E-state index is 13.0. The second-order valence-corrected chi connectivity index (χ2v) is 7.01. The summed E-state index contributed by atoms with van der Waals surface area (Å²) in [6.07, 6.45) is 1.63. The molecule has 0 bridgehead atoms. The molecule has 8 nitrogen and oxygen atoms in total. The van der Waals surface area contributed by atoms with Gasteiger partial charge in [0, 0.05) is 35.4 Å². The number of rotatable bonds is 4. The number of ether oxygens (including phenoxy) is 1. The predicted molar refractivity (Wildman–Crippen MR) is 111 cm³/mol. The van der Waals surface area contributed by atoms with Crippen LogP contribution in [0.5, 0.6) is 0 Å². The van der Waals surface area contributed by atoms with Crippen molar-refractivity contribution < 1.29 is 14.6 Å². The standard InChI is InChI=1S/C21H22N4O4/c1-13-9-19(27)24-18-5-4-14(10-17(13)18)23-21(28)16-3-2-6-22-20(16)25-7-8-29-12-15(25)11-26/h2-6,9-10,15,26H,7-8,11-12H2,1H3,(H,23,28)(H,24,27). The van der Waals surface area contributed by atoms with Gasteiger partial charge in [0.05, 0.1) is 31.4 Å². The molecule has 0 saturated carbocycles. The number of carbonyl (C=O) groups is 1. The summed E-state index contributed by atoms with van der Waals surface area (Å²) >= 11 is 0. The number of fused-ring (bicyclic) bond motifs is 1. The lowest BCUT2D eigenvalue weighted by Crippen LogP contribution is -2.48. The number of hydrogen-bond donors (Lipinski definition) is 3. The van der Waals surface area contributed by atoms with Crippen LogP contribution in [0, 0.1) is 6.92 Å². The Balaban J connectivity index is 1.64. The molecular formula is C21H22N4O4. The molecule has 4 rings (SSSR count). The van der Waals surface area contributed by atoms with Gasteiger partial charge in [-0.3, -0.25) is 9.59 Å². The van der Waals surface area contributed by atoms with Crippen LogP contribution in [0.25, 0.3) is 10.9 Å². The zero-order valence-electron chi connectivity index (χ0n) is 16.0. The number of carbonyl (C=O) groups excluding carboxylic acids is 1. The highest BCUT2D eigenvalue weighted by molar-refractivity contribution is 6.08. The van der Waals surface area contributed by atoms with Crippen LogP contribution in [-0.4, -0.2) is 53.4 Å². The first kappa shape index (κ1) is 19.1. The largest absolute Gasteiger partial charge is 0.394 e. The Morgan fingerprint density at radius 2 is 2.24 bits per heavy atom. The third-order valence-corrected chi connectivity index (χ3v) is 5.05. The summed E-state index contributed by atoms with van der Waals surface area (Å²) in [5.41, 5.74) is 2.44. The lowest BCUT2D eigenvalue weighted by atomic mass is 10.1. The van der Waals surface area contributed by atoms with Gasteiger partial charge in [-0.2, -0.15) is 0 Å². The number of aromatic amines is 1. The lowest BCUT2D eigenvalue weighted by molar-refractivity contribution is 0.0720. The average molecular weight is 394 g/mol. The highest BCUT2D eigenvalue weighted by atomic mass is 16.5. The highest BCUT2D eigenvalue weighted by Gasteiger charge is 2.27. The summed E-state index contributed by atoms with van der Waals surface area (Å²) in [6.45, 7) is 3.22. The van der Waals surface area contributed by atoms with Crippen LogP contribution in [-0.2, 0) is 4.74 Å². The van der Waals surface area contributed by atoms with Gasteiger partial charge in [-0.15, -0.1) is 0 Å². The molecule has 1 fully saturated rings. The SMILES string of the molecule is Cc1cc(=O)[nH]c2ccc(NC(=O)c3cccnc3N3CCOCC3CO)cc12. The molecule has 3 aromatic rings. The third kappa shape index (κ3) is 3.85. The number of aliphatic hydroxyl groups excluding tert-OH is 1. The number of anilines is 2. The van der Waals surface area contributed by atoms with E-state index in [2.05, 4.69) is 15.3 Å². The van der Waals surface area contributed by atoms with E-state index < -0.39 is 0 Å². The average Bonchev–Trinajstić information content (AvgIpc) is 2.74. The molecule has 29 heavy (non-hydrogen) atoms. The molecular weight excluding hydrogens is 372 g/mol. The van der Waals surface area contributed by atoms with Gasteiger partial charge in [-0.05, 0) is 42.8 Å². The van der Waals surface area contributed by atoms with Gasteiger partial charge in [0.25, 0.3) is 5.91 Å². The van der Waals surface area contributed by atoms with Crippen molar-refractivity contribution >= 4 is 28.3 Å². The fourth-order valence-corrected chi connectivity index (χ4v) is 3.59. The van der Waals surface area contributed by atoms with Crippen LogP contribution >= 0.6 is 0 Å². The molecule has 0 spiro atoms. The molecule has 0 aliphatic carbocycles. The molecule has 1 aliphatic rings. The van der Waals surface area contributed by atoms with Crippen LogP contribution in [0.3, 0.4) is 0 Å². The normalized spacial score (nSPS) is 16.8. The maximum absolute atomic E-state index is 13.0. The highest BCUT2D eigenvalue weighted by Crippen LogP contribution is 2.24. The van der Waals surface area contributed by atoms with Crippen LogP contribution in [0.2, 0.25) is 0 Å². The molecule has 1 aliphatic heterocycles. The van der Waals surface area contributed by atoms with Gasteiger partial charge in [0.2, 0.25) is 5.56 Å². The molecule has 2 aromatic heterocycles. The van der Waals surface area contributed by atoms with Crippen molar-refractivity contribution in [1.82, 2.24) is 9.97 Å². The lowest BCUT2D eigenvalue weighted by Gasteiger charge is -2.36. The Kier molecular flexibility index (Phi) is 5.28. The van der Waals surface area contributed by atoms with Crippen molar-refractivity contribution in [3.8, 4) is 0 Å². The van der Waals surface area contributed by atoms with Crippen LogP contribution in [0.15, 0.2) is 47.4 Å². The van der Waals surface area contributed by atoms with E-state index in [0.717, 1.165) is 10.9 Å². The van der Waals surface area contributed by atoms with E-state index in [1.54, 1.807) is 30.5 Å². The number of aryl methyl sites for hydroxylation is 1. The first-order valence-corrected chi connectivity index (χ1v) is 9.42. The molecule has 150 valence electrons. The van der Waals surface area contributed by atoms with Gasteiger partial charge >= 0.3 is 0 Å².